The van der Waals surface area contributed by atoms with E-state index in [9.17, 15) is 4.79 Å². The molecule has 1 atom stereocenters. The van der Waals surface area contributed by atoms with Gasteiger partial charge in [-0.1, -0.05) is 6.07 Å². The number of nitrogens with one attached hydrogen (secondary N) is 1. The second kappa shape index (κ2) is 8.18. The van der Waals surface area contributed by atoms with Crippen LogP contribution in [-0.4, -0.2) is 52.4 Å². The van der Waals surface area contributed by atoms with Crippen LogP contribution in [0.5, 0.6) is 0 Å². The van der Waals surface area contributed by atoms with Gasteiger partial charge in [-0.3, -0.25) is 4.79 Å². The molecule has 144 valence electrons. The molecule has 1 saturated heterocycles. The molecular weight excluding hydrogens is 356 g/mol. The number of tetrazole rings is 1. The molecule has 8 nitrogen and oxygen atoms in total. The van der Waals surface area contributed by atoms with Crippen LogP contribution < -0.4 is 10.2 Å². The summed E-state index contributed by atoms with van der Waals surface area (Å²) in [6.45, 7) is 1.92. The van der Waals surface area contributed by atoms with Crippen LogP contribution in [0.15, 0.2) is 54.9 Å². The highest BCUT2D eigenvalue weighted by Gasteiger charge is 2.19. The molecular formula is C20H22N6O2. The number of amides is 1. The molecule has 2 aromatic carbocycles. The quantitative estimate of drug-likeness (QED) is 0.734. The van der Waals surface area contributed by atoms with Crippen LogP contribution in [0, 0.1) is 0 Å². The molecule has 1 fully saturated rings. The first-order valence-corrected chi connectivity index (χ1v) is 9.25. The number of rotatable bonds is 5. The predicted molar refractivity (Wildman–Crippen MR) is 106 cm³/mol. The van der Waals surface area contributed by atoms with E-state index in [1.165, 1.54) is 11.0 Å². The lowest BCUT2D eigenvalue weighted by Crippen LogP contribution is -2.39. The lowest BCUT2D eigenvalue weighted by Gasteiger charge is -2.33. The Morgan fingerprint density at radius 2 is 2.04 bits per heavy atom. The molecule has 0 aliphatic carbocycles. The van der Waals surface area contributed by atoms with Crippen molar-refractivity contribution in [1.82, 2.24) is 20.2 Å². The highest BCUT2D eigenvalue weighted by atomic mass is 16.5. The summed E-state index contributed by atoms with van der Waals surface area (Å²) in [5, 5.41) is 14.0. The molecule has 0 spiro atoms. The number of piperidine rings is 1. The zero-order valence-electron chi connectivity index (χ0n) is 15.7. The van der Waals surface area contributed by atoms with E-state index in [2.05, 4.69) is 25.7 Å². The van der Waals surface area contributed by atoms with E-state index in [4.69, 9.17) is 4.74 Å². The zero-order chi connectivity index (χ0) is 19.3. The van der Waals surface area contributed by atoms with Crippen LogP contribution in [0.25, 0.3) is 5.69 Å². The third-order valence-electron chi connectivity index (χ3n) is 4.92. The van der Waals surface area contributed by atoms with E-state index in [1.54, 1.807) is 25.3 Å². The minimum Gasteiger partial charge on any atom is -0.380 e. The summed E-state index contributed by atoms with van der Waals surface area (Å²) in [6.07, 6.45) is 3.99. The smallest absolute Gasteiger partial charge is 0.255 e. The Hall–Kier alpha value is -3.26. The maximum absolute atomic E-state index is 12.6. The lowest BCUT2D eigenvalue weighted by atomic mass is 10.1. The second-order valence-electron chi connectivity index (χ2n) is 6.75. The molecule has 0 bridgehead atoms. The van der Waals surface area contributed by atoms with Crippen LogP contribution >= 0.6 is 0 Å². The van der Waals surface area contributed by atoms with Gasteiger partial charge in [0.05, 0.1) is 11.8 Å². The maximum Gasteiger partial charge on any atom is 0.255 e. The number of ether oxygens (including phenoxy) is 1. The standard InChI is InChI=1S/C20H22N6O2/c1-28-19-6-3-11-25(13-19)17-9-7-16(8-10-17)22-20(27)15-4-2-5-18(12-15)26-14-21-23-24-26/h2,4-5,7-10,12,14,19H,3,6,11,13H2,1H3,(H,22,27). The molecule has 0 radical (unpaired) electrons. The zero-order valence-corrected chi connectivity index (χ0v) is 15.7. The number of methoxy groups -OCH3 is 1. The number of aromatic nitrogens is 4. The number of hydrogen-bond acceptors (Lipinski definition) is 6. The van der Waals surface area contributed by atoms with Crippen molar-refractivity contribution < 1.29 is 9.53 Å². The SMILES string of the molecule is COC1CCCN(c2ccc(NC(=O)c3cccc(-n4cnnn4)c3)cc2)C1. The topological polar surface area (TPSA) is 85.2 Å². The maximum atomic E-state index is 12.6. The van der Waals surface area contributed by atoms with Crippen molar-refractivity contribution in [2.24, 2.45) is 0 Å². The van der Waals surface area contributed by atoms with Crippen molar-refractivity contribution in [1.29, 1.82) is 0 Å². The molecule has 0 saturated carbocycles. The van der Waals surface area contributed by atoms with E-state index < -0.39 is 0 Å². The van der Waals surface area contributed by atoms with E-state index in [0.29, 0.717) is 5.56 Å². The summed E-state index contributed by atoms with van der Waals surface area (Å²) in [4.78, 5) is 14.9. The fraction of sp³-hybridized carbons (Fsp3) is 0.300. The van der Waals surface area contributed by atoms with Crippen LogP contribution in [0.3, 0.4) is 0 Å². The van der Waals surface area contributed by atoms with E-state index in [0.717, 1.165) is 43.0 Å². The van der Waals surface area contributed by atoms with Crippen molar-refractivity contribution in [3.63, 3.8) is 0 Å². The molecule has 2 heterocycles. The van der Waals surface area contributed by atoms with E-state index >= 15 is 0 Å². The third-order valence-corrected chi connectivity index (χ3v) is 4.92. The number of carbonyl (C=O) groups is 1. The van der Waals surface area contributed by atoms with Crippen molar-refractivity contribution in [2.75, 3.05) is 30.4 Å². The van der Waals surface area contributed by atoms with Crippen LogP contribution in [-0.2, 0) is 4.74 Å². The van der Waals surface area contributed by atoms with Crippen molar-refractivity contribution in [2.45, 2.75) is 18.9 Å². The summed E-state index contributed by atoms with van der Waals surface area (Å²) >= 11 is 0. The van der Waals surface area contributed by atoms with Gasteiger partial charge in [-0.2, -0.15) is 0 Å². The minimum atomic E-state index is -0.180. The average Bonchev–Trinajstić information content (AvgIpc) is 3.29. The number of benzene rings is 2. The Bertz CT molecular complexity index is 926. The minimum absolute atomic E-state index is 0.180. The summed E-state index contributed by atoms with van der Waals surface area (Å²) < 4.78 is 7.00. The fourth-order valence-electron chi connectivity index (χ4n) is 3.39. The number of nitrogens with zero attached hydrogens (tertiary/aromatic N) is 5. The summed E-state index contributed by atoms with van der Waals surface area (Å²) in [7, 11) is 1.77. The van der Waals surface area contributed by atoms with Gasteiger partial charge in [0.1, 0.15) is 6.33 Å². The molecule has 1 aliphatic rings. The van der Waals surface area contributed by atoms with Crippen LogP contribution in [0.1, 0.15) is 23.2 Å². The second-order valence-corrected chi connectivity index (χ2v) is 6.75. The number of anilines is 2. The van der Waals surface area contributed by atoms with Gasteiger partial charge in [-0.25, -0.2) is 4.68 Å². The van der Waals surface area contributed by atoms with Gasteiger partial charge in [-0.05, 0) is 65.7 Å². The predicted octanol–water partition coefficient (Wildman–Crippen LogP) is 2.53. The molecule has 1 amide bonds. The van der Waals surface area contributed by atoms with Gasteiger partial charge in [0.25, 0.3) is 5.91 Å². The summed E-state index contributed by atoms with van der Waals surface area (Å²) in [5.74, 6) is -0.180. The van der Waals surface area contributed by atoms with Gasteiger partial charge < -0.3 is 15.0 Å². The van der Waals surface area contributed by atoms with Crippen LogP contribution in [0.4, 0.5) is 11.4 Å². The van der Waals surface area contributed by atoms with Crippen molar-refractivity contribution >= 4 is 17.3 Å². The van der Waals surface area contributed by atoms with Gasteiger partial charge in [0.15, 0.2) is 0 Å². The van der Waals surface area contributed by atoms with Crippen molar-refractivity contribution in [3.8, 4) is 5.69 Å². The van der Waals surface area contributed by atoms with Gasteiger partial charge >= 0.3 is 0 Å². The van der Waals surface area contributed by atoms with Crippen molar-refractivity contribution in [3.05, 3.63) is 60.4 Å². The first-order chi connectivity index (χ1) is 13.7. The Balaban J connectivity index is 1.43. The van der Waals surface area contributed by atoms with Gasteiger partial charge in [0, 0.05) is 37.1 Å². The van der Waals surface area contributed by atoms with E-state index in [-0.39, 0.29) is 12.0 Å². The number of hydrogen-bond donors (Lipinski definition) is 1. The van der Waals surface area contributed by atoms with E-state index in [1.807, 2.05) is 30.3 Å². The monoisotopic (exact) mass is 378 g/mol. The summed E-state index contributed by atoms with van der Waals surface area (Å²) in [5.41, 5.74) is 3.16. The molecule has 1 unspecified atom stereocenters. The largest absolute Gasteiger partial charge is 0.380 e. The lowest BCUT2D eigenvalue weighted by molar-refractivity contribution is 0.0893. The summed E-state index contributed by atoms with van der Waals surface area (Å²) in [6, 6.07) is 15.1. The highest BCUT2D eigenvalue weighted by Crippen LogP contribution is 2.23. The Labute approximate surface area is 163 Å². The molecule has 4 rings (SSSR count). The Morgan fingerprint density at radius 1 is 1.18 bits per heavy atom. The third kappa shape index (κ3) is 4.01. The van der Waals surface area contributed by atoms with Gasteiger partial charge in [0.2, 0.25) is 0 Å². The molecule has 1 N–H and O–H groups in total. The molecule has 8 heteroatoms. The Kier molecular flexibility index (Phi) is 5.29. The number of carbonyl (C=O) groups excluding carboxylic acids is 1. The van der Waals surface area contributed by atoms with Gasteiger partial charge in [-0.15, -0.1) is 5.10 Å². The first kappa shape index (κ1) is 18.1. The average molecular weight is 378 g/mol. The normalized spacial score (nSPS) is 16.8. The first-order valence-electron chi connectivity index (χ1n) is 9.25. The molecule has 28 heavy (non-hydrogen) atoms. The molecule has 1 aromatic heterocycles. The molecule has 3 aromatic rings. The van der Waals surface area contributed by atoms with Crippen LogP contribution in [0.2, 0.25) is 0 Å². The fourth-order valence-corrected chi connectivity index (χ4v) is 3.39. The Morgan fingerprint density at radius 3 is 2.79 bits per heavy atom. The molecule has 1 aliphatic heterocycles. The highest BCUT2D eigenvalue weighted by molar-refractivity contribution is 6.04.